The van der Waals surface area contributed by atoms with E-state index >= 15 is 0 Å². The molecule has 3 aliphatic heterocycles. The number of sulfonamides is 1. The number of carbonyl (C=O) groups is 2. The number of ether oxygens (including phenoxy) is 1. The Hall–Kier alpha value is -1.72. The summed E-state index contributed by atoms with van der Waals surface area (Å²) in [5.41, 5.74) is 0.480. The van der Waals surface area contributed by atoms with Crippen LogP contribution in [0.15, 0.2) is 24.3 Å². The van der Waals surface area contributed by atoms with Gasteiger partial charge < -0.3 is 15.0 Å². The monoisotopic (exact) mass is 538 g/mol. The number of piperidine rings is 2. The van der Waals surface area contributed by atoms with Gasteiger partial charge in [0.05, 0.1) is 30.0 Å². The summed E-state index contributed by atoms with van der Waals surface area (Å²) in [6.07, 6.45) is 5.55. The Morgan fingerprint density at radius 3 is 2.56 bits per heavy atom. The van der Waals surface area contributed by atoms with Gasteiger partial charge in [-0.15, -0.1) is 0 Å². The molecule has 5 unspecified atom stereocenters. The van der Waals surface area contributed by atoms with Crippen molar-refractivity contribution in [2.24, 2.45) is 17.8 Å². The van der Waals surface area contributed by atoms with Crippen molar-refractivity contribution < 1.29 is 22.7 Å². The normalized spacial score (nSPS) is 32.4. The first kappa shape index (κ1) is 25.9. The second-order valence-corrected chi connectivity index (χ2v) is 13.0. The summed E-state index contributed by atoms with van der Waals surface area (Å²) in [5, 5.41) is 4.05. The zero-order chi connectivity index (χ0) is 25.6. The van der Waals surface area contributed by atoms with Crippen molar-refractivity contribution in [3.63, 3.8) is 0 Å². The van der Waals surface area contributed by atoms with Crippen molar-refractivity contribution in [3.8, 4) is 0 Å². The molecule has 11 heteroatoms. The lowest BCUT2D eigenvalue weighted by Gasteiger charge is -2.55. The number of carbonyl (C=O) groups excluding carboxylic acids is 2. The SMILES string of the molecule is COC1CCCC2C1NCC1C(=O)N(c3cccc(Cl)c3)C(=O)N(CC3CCN(S(C)(=O)=O)CC3)C12. The van der Waals surface area contributed by atoms with Crippen LogP contribution in [0.2, 0.25) is 5.02 Å². The number of nitrogens with one attached hydrogen (secondary N) is 1. The molecule has 1 N–H and O–H groups in total. The summed E-state index contributed by atoms with van der Waals surface area (Å²) >= 11 is 6.22. The second-order valence-electron chi connectivity index (χ2n) is 10.6. The van der Waals surface area contributed by atoms with E-state index in [9.17, 15) is 18.0 Å². The number of urea groups is 1. The van der Waals surface area contributed by atoms with Crippen LogP contribution in [0.4, 0.5) is 10.5 Å². The van der Waals surface area contributed by atoms with E-state index in [-0.39, 0.29) is 47.9 Å². The molecule has 4 aliphatic rings. The number of hydrogen-bond donors (Lipinski definition) is 1. The van der Waals surface area contributed by atoms with E-state index in [4.69, 9.17) is 16.3 Å². The fraction of sp³-hybridized carbons (Fsp3) is 0.680. The van der Waals surface area contributed by atoms with Crippen molar-refractivity contribution in [2.75, 3.05) is 44.4 Å². The van der Waals surface area contributed by atoms with Crippen molar-refractivity contribution in [3.05, 3.63) is 29.3 Å². The van der Waals surface area contributed by atoms with E-state index in [1.807, 2.05) is 4.90 Å². The summed E-state index contributed by atoms with van der Waals surface area (Å²) in [6.45, 7) is 1.90. The van der Waals surface area contributed by atoms with Crippen LogP contribution in [-0.4, -0.2) is 87.3 Å². The van der Waals surface area contributed by atoms with Gasteiger partial charge >= 0.3 is 6.03 Å². The van der Waals surface area contributed by atoms with Gasteiger partial charge in [0.1, 0.15) is 0 Å². The lowest BCUT2D eigenvalue weighted by Crippen LogP contribution is -2.73. The highest BCUT2D eigenvalue weighted by Crippen LogP contribution is 2.42. The number of rotatable bonds is 5. The standard InChI is InChI=1S/C25H35ClN4O5S/c1-35-21-8-4-7-19-22(21)27-14-20-23(19)29(15-16-9-11-28(12-10-16)36(2,33)34)25(32)30(24(20)31)18-6-3-5-17(26)13-18/h3,5-6,13,16,19-23,27H,4,7-12,14-15H2,1-2H3. The van der Waals surface area contributed by atoms with Gasteiger partial charge in [-0.1, -0.05) is 24.1 Å². The topological polar surface area (TPSA) is 99.3 Å². The molecule has 9 nitrogen and oxygen atoms in total. The van der Waals surface area contributed by atoms with E-state index < -0.39 is 10.0 Å². The van der Waals surface area contributed by atoms with Gasteiger partial charge in [0.25, 0.3) is 0 Å². The van der Waals surface area contributed by atoms with Crippen molar-refractivity contribution in [1.29, 1.82) is 0 Å². The van der Waals surface area contributed by atoms with Crippen LogP contribution in [0, 0.1) is 17.8 Å². The summed E-state index contributed by atoms with van der Waals surface area (Å²) in [4.78, 5) is 31.1. The zero-order valence-corrected chi connectivity index (χ0v) is 22.4. The number of anilines is 1. The average Bonchev–Trinajstić information content (AvgIpc) is 2.85. The predicted octanol–water partition coefficient (Wildman–Crippen LogP) is 2.55. The van der Waals surface area contributed by atoms with Crippen LogP contribution < -0.4 is 10.2 Å². The van der Waals surface area contributed by atoms with Crippen molar-refractivity contribution in [2.45, 2.75) is 50.3 Å². The molecule has 5 atom stereocenters. The van der Waals surface area contributed by atoms with Gasteiger partial charge in [0.15, 0.2) is 0 Å². The number of hydrogen-bond acceptors (Lipinski definition) is 6. The molecule has 36 heavy (non-hydrogen) atoms. The minimum Gasteiger partial charge on any atom is -0.380 e. The second kappa shape index (κ2) is 10.2. The molecule has 3 heterocycles. The molecule has 198 valence electrons. The van der Waals surface area contributed by atoms with Crippen molar-refractivity contribution >= 4 is 39.2 Å². The minimum absolute atomic E-state index is 0.0562. The zero-order valence-electron chi connectivity index (χ0n) is 20.8. The number of fused-ring (bicyclic) bond motifs is 3. The average molecular weight is 539 g/mol. The van der Waals surface area contributed by atoms with Crippen LogP contribution in [0.1, 0.15) is 32.1 Å². The van der Waals surface area contributed by atoms with Gasteiger partial charge in [0, 0.05) is 44.4 Å². The van der Waals surface area contributed by atoms with Crippen LogP contribution in [0.5, 0.6) is 0 Å². The molecule has 1 aromatic carbocycles. The molecule has 1 saturated carbocycles. The van der Waals surface area contributed by atoms with E-state index in [2.05, 4.69) is 5.32 Å². The number of halogens is 1. The summed E-state index contributed by atoms with van der Waals surface area (Å²) in [7, 11) is -1.50. The molecule has 0 radical (unpaired) electrons. The number of benzene rings is 1. The maximum absolute atomic E-state index is 14.1. The Labute approximate surface area is 218 Å². The van der Waals surface area contributed by atoms with Gasteiger partial charge in [-0.25, -0.2) is 22.4 Å². The first-order chi connectivity index (χ1) is 17.2. The molecule has 3 amide bonds. The third-order valence-corrected chi connectivity index (χ3v) is 10.1. The quantitative estimate of drug-likeness (QED) is 0.618. The molecule has 0 bridgehead atoms. The molecule has 0 aromatic heterocycles. The summed E-state index contributed by atoms with van der Waals surface area (Å²) in [5.74, 6) is -0.277. The van der Waals surface area contributed by atoms with Gasteiger partial charge in [0.2, 0.25) is 15.9 Å². The predicted molar refractivity (Wildman–Crippen MR) is 137 cm³/mol. The Kier molecular flexibility index (Phi) is 7.35. The van der Waals surface area contributed by atoms with E-state index in [1.54, 1.807) is 31.4 Å². The third kappa shape index (κ3) is 4.78. The molecule has 5 rings (SSSR count). The van der Waals surface area contributed by atoms with Gasteiger partial charge in [-0.2, -0.15) is 0 Å². The van der Waals surface area contributed by atoms with Gasteiger partial charge in [-0.05, 0) is 55.7 Å². The molecule has 0 spiro atoms. The highest BCUT2D eigenvalue weighted by atomic mass is 35.5. The van der Waals surface area contributed by atoms with E-state index in [0.29, 0.717) is 49.7 Å². The molecule has 3 saturated heterocycles. The Morgan fingerprint density at radius 1 is 1.14 bits per heavy atom. The van der Waals surface area contributed by atoms with Crippen LogP contribution in [0.3, 0.4) is 0 Å². The fourth-order valence-electron chi connectivity index (χ4n) is 6.75. The molecule has 1 aliphatic carbocycles. The Bertz CT molecular complexity index is 1110. The molecule has 1 aromatic rings. The van der Waals surface area contributed by atoms with Crippen LogP contribution >= 0.6 is 11.6 Å². The Morgan fingerprint density at radius 2 is 1.89 bits per heavy atom. The largest absolute Gasteiger partial charge is 0.380 e. The molecular weight excluding hydrogens is 504 g/mol. The van der Waals surface area contributed by atoms with Crippen LogP contribution in [0.25, 0.3) is 0 Å². The third-order valence-electron chi connectivity index (χ3n) is 8.51. The maximum Gasteiger partial charge on any atom is 0.331 e. The lowest BCUT2D eigenvalue weighted by atomic mass is 9.69. The summed E-state index contributed by atoms with van der Waals surface area (Å²) < 4.78 is 31.3. The van der Waals surface area contributed by atoms with Crippen molar-refractivity contribution in [1.82, 2.24) is 14.5 Å². The fourth-order valence-corrected chi connectivity index (χ4v) is 7.81. The lowest BCUT2D eigenvalue weighted by molar-refractivity contribution is -0.131. The number of amides is 3. The van der Waals surface area contributed by atoms with Crippen LogP contribution in [-0.2, 0) is 19.6 Å². The minimum atomic E-state index is -3.23. The summed E-state index contributed by atoms with van der Waals surface area (Å²) in [6, 6.07) is 6.44. The number of methoxy groups -OCH3 is 1. The molecule has 4 fully saturated rings. The molecular formula is C25H35ClN4O5S. The maximum atomic E-state index is 14.1. The number of nitrogens with zero attached hydrogens (tertiary/aromatic N) is 3. The highest BCUT2D eigenvalue weighted by Gasteiger charge is 2.55. The van der Waals surface area contributed by atoms with E-state index in [0.717, 1.165) is 19.3 Å². The Balaban J connectivity index is 1.46. The first-order valence-corrected chi connectivity index (χ1v) is 15.0. The number of imide groups is 1. The van der Waals surface area contributed by atoms with Gasteiger partial charge in [-0.3, -0.25) is 4.79 Å². The smallest absolute Gasteiger partial charge is 0.331 e. The highest BCUT2D eigenvalue weighted by molar-refractivity contribution is 7.88. The van der Waals surface area contributed by atoms with E-state index in [1.165, 1.54) is 15.5 Å². The first-order valence-electron chi connectivity index (χ1n) is 12.8.